The van der Waals surface area contributed by atoms with Crippen LogP contribution in [0.25, 0.3) is 0 Å². The minimum atomic E-state index is -0.272. The van der Waals surface area contributed by atoms with Gasteiger partial charge in [0.15, 0.2) is 5.69 Å². The quantitative estimate of drug-likeness (QED) is 0.880. The number of rotatable bonds is 6. The topological polar surface area (TPSA) is 59.4 Å². The number of hydrogen-bond acceptors (Lipinski definition) is 4. The molecule has 0 radical (unpaired) electrons. The third kappa shape index (κ3) is 4.71. The molecule has 0 saturated heterocycles. The largest absolute Gasteiger partial charge is 0.491 e. The molecule has 0 aliphatic carbocycles. The Morgan fingerprint density at radius 3 is 2.70 bits per heavy atom. The molecule has 1 aromatic heterocycles. The van der Waals surface area contributed by atoms with Crippen molar-refractivity contribution < 1.29 is 9.53 Å². The number of likely N-dealkylation sites (N-methyl/N-ethyl adjacent to an activating group) is 1. The first kappa shape index (κ1) is 17.3. The Bertz CT molecular complexity index is 678. The minimum absolute atomic E-state index is 0.272. The zero-order valence-corrected chi connectivity index (χ0v) is 14.5. The summed E-state index contributed by atoms with van der Waals surface area (Å²) < 4.78 is 7.27. The zero-order chi connectivity index (χ0) is 17.0. The van der Waals surface area contributed by atoms with Crippen molar-refractivity contribution in [2.75, 3.05) is 32.6 Å². The van der Waals surface area contributed by atoms with Crippen LogP contribution in [0.5, 0.6) is 5.75 Å². The Hall–Kier alpha value is -2.05. The molecular weight excluding hydrogens is 316 g/mol. The molecule has 0 bridgehead atoms. The predicted molar refractivity (Wildman–Crippen MR) is 91.4 cm³/mol. The van der Waals surface area contributed by atoms with Gasteiger partial charge in [-0.05, 0) is 45.3 Å². The normalized spacial score (nSPS) is 10.9. The lowest BCUT2D eigenvalue weighted by Gasteiger charge is -2.12. The van der Waals surface area contributed by atoms with Crippen molar-refractivity contribution in [1.29, 1.82) is 0 Å². The summed E-state index contributed by atoms with van der Waals surface area (Å²) in [7, 11) is 5.74. The summed E-state index contributed by atoms with van der Waals surface area (Å²) in [6, 6.07) is 6.90. The summed E-state index contributed by atoms with van der Waals surface area (Å²) >= 11 is 6.19. The fraction of sp³-hybridized carbons (Fsp3) is 0.375. The molecule has 1 aromatic carbocycles. The number of carbonyl (C=O) groups excluding carboxylic acids is 1. The van der Waals surface area contributed by atoms with Gasteiger partial charge < -0.3 is 15.0 Å². The molecule has 2 aromatic rings. The number of hydrogen-bond donors (Lipinski definition) is 1. The molecule has 0 aliphatic rings. The van der Waals surface area contributed by atoms with Gasteiger partial charge in [0.25, 0.3) is 5.91 Å². The zero-order valence-electron chi connectivity index (χ0n) is 13.8. The number of aryl methyl sites for hydroxylation is 2. The number of anilines is 1. The van der Waals surface area contributed by atoms with Crippen LogP contribution >= 0.6 is 11.6 Å². The van der Waals surface area contributed by atoms with E-state index in [0.29, 0.717) is 28.8 Å². The van der Waals surface area contributed by atoms with Crippen molar-refractivity contribution in [3.63, 3.8) is 0 Å². The lowest BCUT2D eigenvalue weighted by molar-refractivity contribution is 0.102. The summed E-state index contributed by atoms with van der Waals surface area (Å²) in [5, 5.41) is 7.38. The maximum Gasteiger partial charge on any atom is 0.276 e. The summed E-state index contributed by atoms with van der Waals surface area (Å²) in [5.74, 6) is 0.325. The molecule has 0 atom stereocenters. The smallest absolute Gasteiger partial charge is 0.276 e. The monoisotopic (exact) mass is 336 g/mol. The minimum Gasteiger partial charge on any atom is -0.491 e. The number of benzene rings is 1. The SMILES string of the molecule is Cc1cc(C(=O)Nc2ccc(OCCN(C)C)c(Cl)c2)nn1C. The van der Waals surface area contributed by atoms with Crippen LogP contribution in [-0.4, -0.2) is 47.8 Å². The average Bonchev–Trinajstić information content (AvgIpc) is 2.81. The van der Waals surface area contributed by atoms with Crippen molar-refractivity contribution >= 4 is 23.2 Å². The van der Waals surface area contributed by atoms with Gasteiger partial charge in [0.2, 0.25) is 0 Å². The number of ether oxygens (including phenoxy) is 1. The van der Waals surface area contributed by atoms with Crippen molar-refractivity contribution in [3.05, 3.63) is 40.7 Å². The van der Waals surface area contributed by atoms with Crippen LogP contribution in [-0.2, 0) is 7.05 Å². The first-order chi connectivity index (χ1) is 10.9. The number of aromatic nitrogens is 2. The summed E-state index contributed by atoms with van der Waals surface area (Å²) in [6.45, 7) is 3.24. The van der Waals surface area contributed by atoms with E-state index in [4.69, 9.17) is 16.3 Å². The highest BCUT2D eigenvalue weighted by Gasteiger charge is 2.12. The molecule has 7 heteroatoms. The fourth-order valence-electron chi connectivity index (χ4n) is 1.90. The Labute approximate surface area is 141 Å². The van der Waals surface area contributed by atoms with Gasteiger partial charge in [-0.3, -0.25) is 9.48 Å². The van der Waals surface area contributed by atoms with Crippen molar-refractivity contribution in [2.24, 2.45) is 7.05 Å². The van der Waals surface area contributed by atoms with Gasteiger partial charge in [0.1, 0.15) is 12.4 Å². The van der Waals surface area contributed by atoms with Crippen LogP contribution in [0.2, 0.25) is 5.02 Å². The standard InChI is InChI=1S/C16H21ClN4O2/c1-11-9-14(19-21(11)4)16(22)18-12-5-6-15(13(17)10-12)23-8-7-20(2)3/h5-6,9-10H,7-8H2,1-4H3,(H,18,22). The lowest BCUT2D eigenvalue weighted by Crippen LogP contribution is -2.19. The van der Waals surface area contributed by atoms with Crippen LogP contribution in [0.4, 0.5) is 5.69 Å². The second-order valence-corrected chi connectivity index (χ2v) is 5.95. The molecule has 2 rings (SSSR count). The van der Waals surface area contributed by atoms with Crippen molar-refractivity contribution in [3.8, 4) is 5.75 Å². The van der Waals surface area contributed by atoms with E-state index in [9.17, 15) is 4.79 Å². The molecular formula is C16H21ClN4O2. The summed E-state index contributed by atoms with van der Waals surface area (Å²) in [4.78, 5) is 14.2. The Morgan fingerprint density at radius 2 is 2.13 bits per heavy atom. The second-order valence-electron chi connectivity index (χ2n) is 5.55. The van der Waals surface area contributed by atoms with E-state index in [-0.39, 0.29) is 5.91 Å². The number of halogens is 1. The third-order valence-electron chi connectivity index (χ3n) is 3.33. The van der Waals surface area contributed by atoms with E-state index in [2.05, 4.69) is 10.4 Å². The molecule has 0 saturated carbocycles. The van der Waals surface area contributed by atoms with E-state index in [0.717, 1.165) is 12.2 Å². The fourth-order valence-corrected chi connectivity index (χ4v) is 2.14. The van der Waals surface area contributed by atoms with Crippen LogP contribution in [0, 0.1) is 6.92 Å². The third-order valence-corrected chi connectivity index (χ3v) is 3.63. The highest BCUT2D eigenvalue weighted by atomic mass is 35.5. The van der Waals surface area contributed by atoms with E-state index >= 15 is 0 Å². The Balaban J connectivity index is 2.01. The van der Waals surface area contributed by atoms with Gasteiger partial charge in [-0.2, -0.15) is 5.10 Å². The maximum absolute atomic E-state index is 12.2. The van der Waals surface area contributed by atoms with Crippen LogP contribution < -0.4 is 10.1 Å². The molecule has 0 spiro atoms. The van der Waals surface area contributed by atoms with Crippen molar-refractivity contribution in [2.45, 2.75) is 6.92 Å². The Kier molecular flexibility index (Phi) is 5.63. The van der Waals surface area contributed by atoms with Crippen LogP contribution in [0.15, 0.2) is 24.3 Å². The molecule has 23 heavy (non-hydrogen) atoms. The van der Waals surface area contributed by atoms with Gasteiger partial charge in [0, 0.05) is 25.0 Å². The average molecular weight is 337 g/mol. The second kappa shape index (κ2) is 7.48. The summed E-state index contributed by atoms with van der Waals surface area (Å²) in [6.07, 6.45) is 0. The van der Waals surface area contributed by atoms with E-state index < -0.39 is 0 Å². The van der Waals surface area contributed by atoms with Crippen LogP contribution in [0.3, 0.4) is 0 Å². The van der Waals surface area contributed by atoms with E-state index in [1.165, 1.54) is 0 Å². The molecule has 0 aliphatic heterocycles. The van der Waals surface area contributed by atoms with E-state index in [1.807, 2.05) is 25.9 Å². The number of amides is 1. The molecule has 124 valence electrons. The molecule has 1 amide bonds. The lowest BCUT2D eigenvalue weighted by atomic mass is 10.3. The highest BCUT2D eigenvalue weighted by molar-refractivity contribution is 6.32. The predicted octanol–water partition coefficient (Wildman–Crippen LogP) is 2.57. The Morgan fingerprint density at radius 1 is 1.39 bits per heavy atom. The van der Waals surface area contributed by atoms with E-state index in [1.54, 1.807) is 36.0 Å². The van der Waals surface area contributed by atoms with Gasteiger partial charge >= 0.3 is 0 Å². The molecule has 0 unspecified atom stereocenters. The van der Waals surface area contributed by atoms with Crippen LogP contribution in [0.1, 0.15) is 16.2 Å². The van der Waals surface area contributed by atoms with Gasteiger partial charge in [-0.1, -0.05) is 11.6 Å². The van der Waals surface area contributed by atoms with Gasteiger partial charge in [0.05, 0.1) is 5.02 Å². The molecule has 1 heterocycles. The van der Waals surface area contributed by atoms with Gasteiger partial charge in [-0.15, -0.1) is 0 Å². The number of nitrogens with zero attached hydrogens (tertiary/aromatic N) is 3. The first-order valence-corrected chi connectivity index (χ1v) is 7.63. The number of nitrogens with one attached hydrogen (secondary N) is 1. The number of carbonyl (C=O) groups is 1. The van der Waals surface area contributed by atoms with Crippen molar-refractivity contribution in [1.82, 2.24) is 14.7 Å². The maximum atomic E-state index is 12.2. The molecule has 1 N–H and O–H groups in total. The first-order valence-electron chi connectivity index (χ1n) is 7.26. The molecule has 0 fully saturated rings. The summed E-state index contributed by atoms with van der Waals surface area (Å²) in [5.41, 5.74) is 1.88. The van der Waals surface area contributed by atoms with Gasteiger partial charge in [-0.25, -0.2) is 0 Å². The highest BCUT2D eigenvalue weighted by Crippen LogP contribution is 2.27. The molecule has 6 nitrogen and oxygen atoms in total.